The van der Waals surface area contributed by atoms with Crippen molar-refractivity contribution in [1.82, 2.24) is 47.4 Å². The Labute approximate surface area is 544 Å². The van der Waals surface area contributed by atoms with Gasteiger partial charge in [-0.2, -0.15) is 8.42 Å². The number of benzene rings is 2. The van der Waals surface area contributed by atoms with Gasteiger partial charge < -0.3 is 88.0 Å². The summed E-state index contributed by atoms with van der Waals surface area (Å²) < 4.78 is 36.1. The zero-order chi connectivity index (χ0) is 71.4. The molecule has 9 amide bonds. The Morgan fingerprint density at radius 3 is 1.32 bits per heavy atom. The fourth-order valence-electron chi connectivity index (χ4n) is 9.79. The van der Waals surface area contributed by atoms with Crippen molar-refractivity contribution >= 4 is 99.4 Å². The summed E-state index contributed by atoms with van der Waals surface area (Å²) in [5.41, 5.74) is 4.18. The van der Waals surface area contributed by atoms with Gasteiger partial charge in [0.05, 0.1) is 0 Å². The first-order valence-corrected chi connectivity index (χ1v) is 31.5. The van der Waals surface area contributed by atoms with E-state index in [-0.39, 0.29) is 55.9 Å². The zero-order valence-corrected chi connectivity index (χ0v) is 53.3. The normalized spacial score (nSPS) is 16.0. The lowest BCUT2D eigenvalue weighted by molar-refractivity contribution is -0.403. The maximum atomic E-state index is 14.7. The molecule has 0 aliphatic carbocycles. The Morgan fingerprint density at radius 2 is 0.916 bits per heavy atom. The van der Waals surface area contributed by atoms with Gasteiger partial charge in [0.25, 0.3) is 5.91 Å². The number of likely N-dealkylation sites (tertiary alicyclic amines) is 1. The number of nitrogens with zero attached hydrogens (tertiary/aromatic N) is 1. The molecule has 1 saturated heterocycles. The van der Waals surface area contributed by atoms with Crippen LogP contribution in [-0.2, 0) is 95.2 Å². The molecule has 35 nitrogen and oxygen atoms in total. The molecule has 3 rings (SSSR count). The van der Waals surface area contributed by atoms with E-state index < -0.39 is 230 Å². The third-order valence-corrected chi connectivity index (χ3v) is 15.4. The molecule has 1 aliphatic rings. The number of quaternary nitrogens is 1. The van der Waals surface area contributed by atoms with Crippen LogP contribution < -0.4 is 52.5 Å². The standard InChI is InChI=1S/C59H82N10O25S/c1-5-31(4)49(68-54(84)39(20-24-47(76)77)62-51(81)36(17-21-44(70)71)63-55(85)40(27-32-10-7-6-8-11-32)65-50(80)35(60)29-48(78)79)58(88)69-25-9-12-43(69)57(87)64-38(19-23-46(74)75)52(82)61-37(18-22-45(72)73)53(83)66-41(56(86)67-42(59(89)90)26-30(2)3)28-33-13-15-34(16-14-33)94-95(91,92)93/h6-8,10-11,13-16,30-31,35-43,49H,5,9,12,17-29,60H2,1-4H3,(H,61,82)(H,62,81)(H,63,85)(H,64,87)(H,65,80)(H,66,83)(H,67,86)(H,68,84)(H,70,71)(H,72,73)(H,74,75)(H,76,77)(H,78,79)(H,89,90)(H,91,92,93)/p+1/t31-,35-,36-,37-,38-,39-,40-,41-,42-,43-,49-/m0/s1. The molecule has 18 N–H and O–H groups in total. The van der Waals surface area contributed by atoms with Crippen molar-refractivity contribution < 1.29 is 125 Å². The molecule has 1 fully saturated rings. The molecular formula is C59H83N10O25S+. The fraction of sp³-hybridized carbons (Fsp3) is 0.542. The second-order valence-corrected chi connectivity index (χ2v) is 24.1. The number of hydrogen-bond acceptors (Lipinski definition) is 18. The molecule has 1 heterocycles. The van der Waals surface area contributed by atoms with Gasteiger partial charge in [0, 0.05) is 45.1 Å². The Hall–Kier alpha value is -9.84. The Bertz CT molecular complexity index is 3210. The number of rotatable bonds is 42. The highest BCUT2D eigenvalue weighted by Crippen LogP contribution is 2.23. The van der Waals surface area contributed by atoms with E-state index in [1.165, 1.54) is 19.1 Å². The van der Waals surface area contributed by atoms with Crippen LogP contribution in [0.15, 0.2) is 54.6 Å². The number of carbonyl (C=O) groups is 15. The SMILES string of the molecule is CC[C@H](C)[C@H](NC(=O)[C@H](CCC(=O)O)NC(=O)[C@H](CCC(=O)O)NC(=O)[C@H](Cc1ccccc1)NC(=O)[C@@H]([NH3+])CC(=O)O)C(=O)N1CCC[C@H]1C(=O)N[C@@H](CCC(=O)O)C(=O)N[C@@H](CCC(=O)O)C(=O)N[C@@H](Cc1ccc(OS(=O)(=O)O)cc1)C(=O)N[C@@H](CC(C)C)C(=O)O. The van der Waals surface area contributed by atoms with Crippen LogP contribution in [0.1, 0.15) is 122 Å². The average Bonchev–Trinajstić information content (AvgIpc) is 1.78. The average molecular weight is 1360 g/mol. The Kier molecular flexibility index (Phi) is 32.1. The summed E-state index contributed by atoms with van der Waals surface area (Å²) in [5, 5.41) is 76.8. The second kappa shape index (κ2) is 38.4. The van der Waals surface area contributed by atoms with Gasteiger partial charge in [-0.15, -0.1) is 0 Å². The van der Waals surface area contributed by atoms with E-state index in [0.29, 0.717) is 5.56 Å². The largest absolute Gasteiger partial charge is 0.481 e. The minimum absolute atomic E-state index is 0.0844. The van der Waals surface area contributed by atoms with Gasteiger partial charge in [0.2, 0.25) is 47.3 Å². The summed E-state index contributed by atoms with van der Waals surface area (Å²) in [6.45, 7) is 6.33. The van der Waals surface area contributed by atoms with E-state index >= 15 is 0 Å². The van der Waals surface area contributed by atoms with Gasteiger partial charge in [0.15, 0.2) is 6.04 Å². The number of aliphatic carboxylic acids is 6. The number of amides is 9. The molecule has 2 aromatic rings. The molecule has 95 heavy (non-hydrogen) atoms. The molecule has 0 unspecified atom stereocenters. The quantitative estimate of drug-likeness (QED) is 0.0300. The van der Waals surface area contributed by atoms with Crippen molar-refractivity contribution in [3.63, 3.8) is 0 Å². The van der Waals surface area contributed by atoms with E-state index in [1.807, 2.05) is 0 Å². The summed E-state index contributed by atoms with van der Waals surface area (Å²) in [4.78, 5) is 199. The molecular weight excluding hydrogens is 1280 g/mol. The van der Waals surface area contributed by atoms with E-state index in [2.05, 4.69) is 52.5 Å². The summed E-state index contributed by atoms with van der Waals surface area (Å²) in [6.07, 6.45) is -7.12. The van der Waals surface area contributed by atoms with Crippen LogP contribution >= 0.6 is 0 Å². The molecule has 2 aromatic carbocycles. The van der Waals surface area contributed by atoms with E-state index in [0.717, 1.165) is 17.0 Å². The smallest absolute Gasteiger partial charge is 0.446 e. The van der Waals surface area contributed by atoms with Crippen LogP contribution in [0.2, 0.25) is 0 Å². The van der Waals surface area contributed by atoms with Gasteiger partial charge in [-0.25, -0.2) is 4.79 Å². The van der Waals surface area contributed by atoms with Crippen LogP contribution in [-0.4, -0.2) is 204 Å². The summed E-state index contributed by atoms with van der Waals surface area (Å²) in [5.74, 6) is -20.1. The van der Waals surface area contributed by atoms with Gasteiger partial charge in [-0.05, 0) is 80.0 Å². The minimum Gasteiger partial charge on any atom is -0.481 e. The lowest BCUT2D eigenvalue weighted by Gasteiger charge is -2.33. The molecule has 0 spiro atoms. The highest BCUT2D eigenvalue weighted by Gasteiger charge is 2.42. The summed E-state index contributed by atoms with van der Waals surface area (Å²) in [6, 6.07) is -3.82. The highest BCUT2D eigenvalue weighted by atomic mass is 32.3. The van der Waals surface area contributed by atoms with Crippen LogP contribution in [0.5, 0.6) is 5.75 Å². The summed E-state index contributed by atoms with van der Waals surface area (Å²) >= 11 is 0. The van der Waals surface area contributed by atoms with E-state index in [9.17, 15) is 111 Å². The van der Waals surface area contributed by atoms with Crippen molar-refractivity contribution in [1.29, 1.82) is 0 Å². The molecule has 0 radical (unpaired) electrons. The number of nitrogens with one attached hydrogen (secondary N) is 8. The van der Waals surface area contributed by atoms with Crippen molar-refractivity contribution in [2.75, 3.05) is 6.54 Å². The molecule has 1 aliphatic heterocycles. The predicted molar refractivity (Wildman–Crippen MR) is 326 cm³/mol. The number of carbonyl (C=O) groups excluding carboxylic acids is 9. The zero-order valence-electron chi connectivity index (χ0n) is 52.5. The van der Waals surface area contributed by atoms with Crippen molar-refractivity contribution in [3.05, 3.63) is 65.7 Å². The Morgan fingerprint density at radius 1 is 0.526 bits per heavy atom. The first-order chi connectivity index (χ1) is 44.5. The van der Waals surface area contributed by atoms with Gasteiger partial charge in [-0.3, -0.25) is 71.7 Å². The van der Waals surface area contributed by atoms with Gasteiger partial charge >= 0.3 is 46.2 Å². The van der Waals surface area contributed by atoms with Gasteiger partial charge in [0.1, 0.15) is 66.5 Å². The topological polar surface area (TPSA) is 568 Å². The third-order valence-electron chi connectivity index (χ3n) is 15.0. The highest BCUT2D eigenvalue weighted by molar-refractivity contribution is 7.81. The van der Waals surface area contributed by atoms with Crippen LogP contribution in [0, 0.1) is 11.8 Å². The monoisotopic (exact) mass is 1360 g/mol. The lowest BCUT2D eigenvalue weighted by atomic mass is 9.96. The van der Waals surface area contributed by atoms with Crippen molar-refractivity contribution in [3.8, 4) is 5.75 Å². The number of carboxylic acids is 6. The van der Waals surface area contributed by atoms with Crippen molar-refractivity contribution in [2.24, 2.45) is 11.8 Å². The predicted octanol–water partition coefficient (Wildman–Crippen LogP) is -2.76. The third kappa shape index (κ3) is 28.5. The maximum Gasteiger partial charge on any atom is 0.446 e. The maximum absolute atomic E-state index is 14.7. The number of hydrogen-bond donors (Lipinski definition) is 16. The summed E-state index contributed by atoms with van der Waals surface area (Å²) in [7, 11) is -4.97. The molecule has 11 atom stereocenters. The molecule has 0 bridgehead atoms. The van der Waals surface area contributed by atoms with Crippen LogP contribution in [0.3, 0.4) is 0 Å². The molecule has 0 saturated carbocycles. The first-order valence-electron chi connectivity index (χ1n) is 30.2. The number of carboxylic acid groups (broad SMARTS) is 6. The molecule has 524 valence electrons. The van der Waals surface area contributed by atoms with Gasteiger partial charge in [-0.1, -0.05) is 76.6 Å². The van der Waals surface area contributed by atoms with E-state index in [4.69, 9.17) is 4.55 Å². The van der Waals surface area contributed by atoms with E-state index in [1.54, 1.807) is 51.1 Å². The van der Waals surface area contributed by atoms with Crippen molar-refractivity contribution in [2.45, 2.75) is 184 Å². The fourth-order valence-corrected chi connectivity index (χ4v) is 10.1. The minimum atomic E-state index is -4.97. The Balaban J connectivity index is 1.96. The first kappa shape index (κ1) is 79.4. The molecule has 36 heteroatoms. The molecule has 0 aromatic heterocycles. The van der Waals surface area contributed by atoms with Crippen LogP contribution in [0.25, 0.3) is 0 Å². The van der Waals surface area contributed by atoms with Crippen LogP contribution in [0.4, 0.5) is 0 Å². The second-order valence-electron chi connectivity index (χ2n) is 23.0. The lowest BCUT2D eigenvalue weighted by Crippen LogP contribution is -2.69.